The van der Waals surface area contributed by atoms with Gasteiger partial charge in [-0.2, -0.15) is 0 Å². The lowest BCUT2D eigenvalue weighted by molar-refractivity contribution is -0.274. The second-order valence-corrected chi connectivity index (χ2v) is 5.50. The van der Waals surface area contributed by atoms with E-state index < -0.39 is 6.36 Å². The SMILES string of the molecule is COc1ccccc1-c1nccnc1NCc1ccc(OC(F)(F)F)cc1. The minimum Gasteiger partial charge on any atom is -0.496 e. The van der Waals surface area contributed by atoms with Crippen LogP contribution in [0.25, 0.3) is 11.3 Å². The van der Waals surface area contributed by atoms with Crippen molar-refractivity contribution >= 4 is 5.82 Å². The molecule has 0 unspecified atom stereocenters. The molecule has 5 nitrogen and oxygen atoms in total. The van der Waals surface area contributed by atoms with Gasteiger partial charge in [0, 0.05) is 24.5 Å². The first-order valence-electron chi connectivity index (χ1n) is 7.99. The normalized spacial score (nSPS) is 11.1. The van der Waals surface area contributed by atoms with Crippen LogP contribution in [0.15, 0.2) is 60.9 Å². The molecule has 27 heavy (non-hydrogen) atoms. The number of hydrogen-bond donors (Lipinski definition) is 1. The van der Waals surface area contributed by atoms with Gasteiger partial charge in [-0.3, -0.25) is 4.98 Å². The van der Waals surface area contributed by atoms with Crippen molar-refractivity contribution in [2.24, 2.45) is 0 Å². The lowest BCUT2D eigenvalue weighted by atomic mass is 10.1. The van der Waals surface area contributed by atoms with Crippen molar-refractivity contribution in [1.82, 2.24) is 9.97 Å². The molecule has 1 aromatic heterocycles. The molecule has 0 fully saturated rings. The summed E-state index contributed by atoms with van der Waals surface area (Å²) in [6.07, 6.45) is -1.57. The van der Waals surface area contributed by atoms with Crippen molar-refractivity contribution in [1.29, 1.82) is 0 Å². The summed E-state index contributed by atoms with van der Waals surface area (Å²) >= 11 is 0. The Balaban J connectivity index is 1.76. The quantitative estimate of drug-likeness (QED) is 0.679. The molecule has 0 spiro atoms. The van der Waals surface area contributed by atoms with Gasteiger partial charge in [-0.1, -0.05) is 24.3 Å². The number of benzene rings is 2. The third-order valence-corrected chi connectivity index (χ3v) is 3.68. The number of nitrogens with one attached hydrogen (secondary N) is 1. The number of alkyl halides is 3. The molecule has 0 radical (unpaired) electrons. The molecule has 2 aromatic carbocycles. The van der Waals surface area contributed by atoms with E-state index in [9.17, 15) is 13.2 Å². The van der Waals surface area contributed by atoms with Crippen molar-refractivity contribution in [2.75, 3.05) is 12.4 Å². The molecule has 0 aliphatic heterocycles. The minimum absolute atomic E-state index is 0.263. The molecule has 0 bridgehead atoms. The second kappa shape index (κ2) is 7.94. The Hall–Kier alpha value is -3.29. The average Bonchev–Trinajstić information content (AvgIpc) is 2.66. The number of anilines is 1. The zero-order valence-corrected chi connectivity index (χ0v) is 14.3. The van der Waals surface area contributed by atoms with E-state index in [4.69, 9.17) is 4.74 Å². The number of hydrogen-bond acceptors (Lipinski definition) is 5. The number of ether oxygens (including phenoxy) is 2. The number of aromatic nitrogens is 2. The van der Waals surface area contributed by atoms with Gasteiger partial charge in [0.05, 0.1) is 7.11 Å². The fourth-order valence-electron chi connectivity index (χ4n) is 2.50. The van der Waals surface area contributed by atoms with Crippen LogP contribution in [0.4, 0.5) is 19.0 Å². The van der Waals surface area contributed by atoms with Crippen molar-refractivity contribution in [3.05, 3.63) is 66.5 Å². The van der Waals surface area contributed by atoms with Gasteiger partial charge in [-0.25, -0.2) is 4.98 Å². The van der Waals surface area contributed by atoms with E-state index in [1.54, 1.807) is 31.6 Å². The molecule has 3 rings (SSSR count). The highest BCUT2D eigenvalue weighted by Crippen LogP contribution is 2.32. The summed E-state index contributed by atoms with van der Waals surface area (Å²) < 4.78 is 45.9. The first-order valence-corrected chi connectivity index (χ1v) is 7.99. The van der Waals surface area contributed by atoms with Crippen molar-refractivity contribution in [3.8, 4) is 22.8 Å². The van der Waals surface area contributed by atoms with Crippen LogP contribution in [0.5, 0.6) is 11.5 Å². The van der Waals surface area contributed by atoms with Crippen LogP contribution in [-0.4, -0.2) is 23.4 Å². The summed E-state index contributed by atoms with van der Waals surface area (Å²) in [6.45, 7) is 0.354. The number of rotatable bonds is 6. The van der Waals surface area contributed by atoms with Gasteiger partial charge in [0.25, 0.3) is 0 Å². The Bertz CT molecular complexity index is 899. The van der Waals surface area contributed by atoms with Gasteiger partial charge in [0.2, 0.25) is 0 Å². The number of nitrogens with zero attached hydrogens (tertiary/aromatic N) is 2. The molecule has 0 aliphatic rings. The van der Waals surface area contributed by atoms with E-state index in [1.807, 2.05) is 24.3 Å². The van der Waals surface area contributed by atoms with Crippen LogP contribution in [-0.2, 0) is 6.54 Å². The Morgan fingerprint density at radius 3 is 2.37 bits per heavy atom. The highest BCUT2D eigenvalue weighted by molar-refractivity contribution is 5.76. The summed E-state index contributed by atoms with van der Waals surface area (Å²) in [6, 6.07) is 13.1. The molecular formula is C19H16F3N3O2. The van der Waals surface area contributed by atoms with E-state index >= 15 is 0 Å². The molecule has 140 valence electrons. The van der Waals surface area contributed by atoms with Gasteiger partial charge < -0.3 is 14.8 Å². The summed E-state index contributed by atoms with van der Waals surface area (Å²) in [7, 11) is 1.58. The highest BCUT2D eigenvalue weighted by atomic mass is 19.4. The first kappa shape index (κ1) is 18.5. The number of methoxy groups -OCH3 is 1. The van der Waals surface area contributed by atoms with Gasteiger partial charge in [0.1, 0.15) is 17.2 Å². The minimum atomic E-state index is -4.71. The number of halogens is 3. The summed E-state index contributed by atoms with van der Waals surface area (Å²) in [5.74, 6) is 0.938. The molecule has 0 amide bonds. The largest absolute Gasteiger partial charge is 0.573 e. The highest BCUT2D eigenvalue weighted by Gasteiger charge is 2.30. The van der Waals surface area contributed by atoms with Crippen LogP contribution >= 0.6 is 0 Å². The molecule has 0 saturated heterocycles. The summed E-state index contributed by atoms with van der Waals surface area (Å²) in [5.41, 5.74) is 2.16. The fraction of sp³-hybridized carbons (Fsp3) is 0.158. The maximum atomic E-state index is 12.2. The Kier molecular flexibility index (Phi) is 5.44. The third-order valence-electron chi connectivity index (χ3n) is 3.68. The summed E-state index contributed by atoms with van der Waals surface area (Å²) in [4.78, 5) is 8.68. The first-order chi connectivity index (χ1) is 13.0. The van der Waals surface area contributed by atoms with E-state index in [1.165, 1.54) is 12.1 Å². The van der Waals surface area contributed by atoms with Crippen LogP contribution in [0.2, 0.25) is 0 Å². The lowest BCUT2D eigenvalue weighted by Crippen LogP contribution is -2.17. The Morgan fingerprint density at radius 2 is 1.67 bits per heavy atom. The zero-order valence-electron chi connectivity index (χ0n) is 14.3. The smallest absolute Gasteiger partial charge is 0.496 e. The van der Waals surface area contributed by atoms with Crippen LogP contribution < -0.4 is 14.8 Å². The zero-order chi connectivity index (χ0) is 19.3. The average molecular weight is 375 g/mol. The molecule has 0 aliphatic carbocycles. The topological polar surface area (TPSA) is 56.3 Å². The second-order valence-electron chi connectivity index (χ2n) is 5.50. The van der Waals surface area contributed by atoms with Crippen molar-refractivity contribution in [3.63, 3.8) is 0 Å². The predicted molar refractivity (Wildman–Crippen MR) is 94.5 cm³/mol. The van der Waals surface area contributed by atoms with Crippen molar-refractivity contribution < 1.29 is 22.6 Å². The van der Waals surface area contributed by atoms with Crippen LogP contribution in [0.3, 0.4) is 0 Å². The van der Waals surface area contributed by atoms with E-state index in [0.717, 1.165) is 11.1 Å². The standard InChI is InChI=1S/C19H16F3N3O2/c1-26-16-5-3-2-4-15(16)17-18(24-11-10-23-17)25-12-13-6-8-14(9-7-13)27-19(20,21)22/h2-11H,12H2,1H3,(H,24,25). The Labute approximate surface area is 153 Å². The molecule has 1 heterocycles. The van der Waals surface area contributed by atoms with Gasteiger partial charge >= 0.3 is 6.36 Å². The van der Waals surface area contributed by atoms with Crippen LogP contribution in [0, 0.1) is 0 Å². The number of para-hydroxylation sites is 1. The molecule has 1 N–H and O–H groups in total. The molecule has 8 heteroatoms. The third kappa shape index (κ3) is 4.87. The van der Waals surface area contributed by atoms with E-state index in [-0.39, 0.29) is 5.75 Å². The fourth-order valence-corrected chi connectivity index (χ4v) is 2.50. The Morgan fingerprint density at radius 1 is 0.963 bits per heavy atom. The monoisotopic (exact) mass is 375 g/mol. The maximum absolute atomic E-state index is 12.2. The lowest BCUT2D eigenvalue weighted by Gasteiger charge is -2.13. The van der Waals surface area contributed by atoms with Gasteiger partial charge in [-0.05, 0) is 29.8 Å². The van der Waals surface area contributed by atoms with Gasteiger partial charge in [-0.15, -0.1) is 13.2 Å². The molecule has 0 atom stereocenters. The summed E-state index contributed by atoms with van der Waals surface area (Å²) in [5, 5.41) is 3.15. The molecule has 3 aromatic rings. The van der Waals surface area contributed by atoms with E-state index in [0.29, 0.717) is 23.8 Å². The van der Waals surface area contributed by atoms with Crippen LogP contribution in [0.1, 0.15) is 5.56 Å². The van der Waals surface area contributed by atoms with Crippen molar-refractivity contribution in [2.45, 2.75) is 12.9 Å². The maximum Gasteiger partial charge on any atom is 0.573 e. The van der Waals surface area contributed by atoms with Gasteiger partial charge in [0.15, 0.2) is 5.82 Å². The molecular weight excluding hydrogens is 359 g/mol. The molecule has 0 saturated carbocycles. The van der Waals surface area contributed by atoms with E-state index in [2.05, 4.69) is 20.0 Å². The predicted octanol–water partition coefficient (Wildman–Crippen LogP) is 4.66.